The average molecular weight is 2070 g/mol. The van der Waals surface area contributed by atoms with Gasteiger partial charge in [0, 0.05) is 118 Å². The first kappa shape index (κ1) is 104. The Hall–Kier alpha value is -14.4. The Balaban J connectivity index is 0.000000134. The number of aryl methyl sites for hydroxylation is 2. The van der Waals surface area contributed by atoms with Crippen molar-refractivity contribution in [3.63, 3.8) is 0 Å². The predicted molar refractivity (Wildman–Crippen MR) is 573 cm³/mol. The molecule has 22 nitrogen and oxygen atoms in total. The number of nitriles is 1. The summed E-state index contributed by atoms with van der Waals surface area (Å²) in [5.41, 5.74) is 9.29. The number of aromatic nitrogens is 9. The Kier molecular flexibility index (Phi) is 32.6. The SMILES string of the molecule is C#Cc1ccc(C(=O)C[C@@H]2CCC[C@H](n3c(-c4ncccc4C#N)nc4cc(C(=O)CC)ccc43)C2)s1.C#Cc1ccc(C(=O)N[C@@H]2CCC[C@H](n3c(-c4cc(Cl)ccc4O)nc4cc(C(=O)CC)ccc43)C2)s1.CCC(=O)c1ccc2c(c1)nc(-c1c(O)ccc(F)c1F)n2[C@H]1CCC[C@@H](CC(=O)c2ccc(C)s2)C1.CCC(=O)c1ccc2c(c1)nc(-c1c(O)cccc1F)n2[C@H]1CCC[C@@H](CC(=O)c2ccc(C)s2)C1. The number of halogens is 4. The molecular weight excluding hydrogens is 1960 g/mol. The molecule has 30 heteroatoms. The number of Topliss-reactive ketones (excluding diaryl/α,β-unsaturated/α-hetero) is 7. The summed E-state index contributed by atoms with van der Waals surface area (Å²) in [6, 6.07) is 53.5. The fraction of sp³-hybridized carbons (Fsp3) is 0.316. The van der Waals surface area contributed by atoms with Gasteiger partial charge in [0.2, 0.25) is 0 Å². The molecule has 4 N–H and O–H groups in total. The van der Waals surface area contributed by atoms with Crippen molar-refractivity contribution in [1.82, 2.24) is 48.5 Å². The second-order valence-electron chi connectivity index (χ2n) is 38.1. The minimum absolute atomic E-state index is 0.00615. The number of aromatic hydroxyl groups is 3. The number of phenols is 3. The second kappa shape index (κ2) is 46.1. The van der Waals surface area contributed by atoms with Crippen LogP contribution in [0.15, 0.2) is 188 Å². The van der Waals surface area contributed by atoms with Gasteiger partial charge in [0.15, 0.2) is 57.9 Å². The number of terminal acetylenes is 2. The highest BCUT2D eigenvalue weighted by Crippen LogP contribution is 2.49. The molecular formula is C117H109ClF3N11O11S4. The van der Waals surface area contributed by atoms with Crippen molar-refractivity contribution in [3.05, 3.63) is 277 Å². The number of carbonyl (C=O) groups is 8. The van der Waals surface area contributed by atoms with Gasteiger partial charge in [0.1, 0.15) is 52.3 Å². The maximum Gasteiger partial charge on any atom is 0.261 e. The van der Waals surface area contributed by atoms with Crippen LogP contribution in [-0.4, -0.2) is 111 Å². The van der Waals surface area contributed by atoms with Crippen molar-refractivity contribution in [3.8, 4) is 93.7 Å². The van der Waals surface area contributed by atoms with E-state index in [1.54, 1.807) is 85.9 Å². The number of fused-ring (bicyclic) bond motifs is 4. The van der Waals surface area contributed by atoms with Gasteiger partial charge in [-0.05, 0) is 291 Å². The second-order valence-corrected chi connectivity index (χ2v) is 43.3. The van der Waals surface area contributed by atoms with Crippen LogP contribution >= 0.6 is 56.9 Å². The molecule has 0 bridgehead atoms. The van der Waals surface area contributed by atoms with E-state index in [0.29, 0.717) is 157 Å². The van der Waals surface area contributed by atoms with Gasteiger partial charge in [0.05, 0.1) is 95.7 Å². The zero-order chi connectivity index (χ0) is 104. The van der Waals surface area contributed by atoms with Crippen molar-refractivity contribution >= 4 is 147 Å². The lowest BCUT2D eigenvalue weighted by atomic mass is 9.82. The van der Waals surface area contributed by atoms with Crippen LogP contribution in [0.1, 0.15) is 305 Å². The fourth-order valence-corrected chi connectivity index (χ4v) is 24.4. The Labute approximate surface area is 870 Å². The van der Waals surface area contributed by atoms with Gasteiger partial charge >= 0.3 is 0 Å². The van der Waals surface area contributed by atoms with Crippen molar-refractivity contribution in [2.75, 3.05) is 0 Å². The van der Waals surface area contributed by atoms with Gasteiger partial charge in [-0.3, -0.25) is 43.3 Å². The number of rotatable bonds is 27. The van der Waals surface area contributed by atoms with E-state index in [-0.39, 0.29) is 123 Å². The molecule has 750 valence electrons. The molecule has 4 saturated carbocycles. The van der Waals surface area contributed by atoms with Gasteiger partial charge in [0.25, 0.3) is 5.91 Å². The van der Waals surface area contributed by atoms with E-state index in [1.165, 1.54) is 63.5 Å². The molecule has 16 aromatic rings. The van der Waals surface area contributed by atoms with E-state index >= 15 is 8.78 Å². The lowest BCUT2D eigenvalue weighted by Gasteiger charge is -2.32. The molecule has 0 aliphatic heterocycles. The summed E-state index contributed by atoms with van der Waals surface area (Å²) in [5.74, 6) is 4.51. The Morgan fingerprint density at radius 2 is 0.823 bits per heavy atom. The molecule has 0 unspecified atom stereocenters. The quantitative estimate of drug-likeness (QED) is 0.0274. The van der Waals surface area contributed by atoms with Crippen LogP contribution in [0.2, 0.25) is 5.02 Å². The number of pyridine rings is 1. The normalized spacial score (nSPS) is 17.6. The van der Waals surface area contributed by atoms with Gasteiger partial charge in [-0.15, -0.1) is 58.2 Å². The molecule has 9 aromatic heterocycles. The highest BCUT2D eigenvalue weighted by molar-refractivity contribution is 7.15. The highest BCUT2D eigenvalue weighted by atomic mass is 35.5. The Morgan fingerprint density at radius 1 is 0.422 bits per heavy atom. The Morgan fingerprint density at radius 3 is 1.27 bits per heavy atom. The molecule has 9 heterocycles. The lowest BCUT2D eigenvalue weighted by molar-refractivity contribution is 0.0919. The predicted octanol–water partition coefficient (Wildman–Crippen LogP) is 28.4. The number of phenolic OH excluding ortho intramolecular Hbond substituents is 3. The molecule has 4 aliphatic carbocycles. The van der Waals surface area contributed by atoms with Crippen LogP contribution in [0.25, 0.3) is 89.8 Å². The summed E-state index contributed by atoms with van der Waals surface area (Å²) in [5, 5.41) is 45.2. The average Bonchev–Trinajstić information content (AvgIpc) is 1.61. The van der Waals surface area contributed by atoms with Crippen molar-refractivity contribution in [1.29, 1.82) is 5.26 Å². The molecule has 147 heavy (non-hydrogen) atoms. The number of carbonyl (C=O) groups excluding carboxylic acids is 8. The van der Waals surface area contributed by atoms with Crippen molar-refractivity contribution < 1.29 is 66.8 Å². The highest BCUT2D eigenvalue weighted by Gasteiger charge is 2.38. The number of amides is 1. The van der Waals surface area contributed by atoms with Crippen LogP contribution in [0.4, 0.5) is 13.2 Å². The third-order valence-corrected chi connectivity index (χ3v) is 32.7. The third kappa shape index (κ3) is 22.9. The first-order chi connectivity index (χ1) is 71.0. The molecule has 8 atom stereocenters. The molecule has 0 radical (unpaired) electrons. The van der Waals surface area contributed by atoms with Crippen LogP contribution in [0, 0.1) is 85.1 Å². The van der Waals surface area contributed by atoms with Gasteiger partial charge in [-0.25, -0.2) is 33.1 Å². The van der Waals surface area contributed by atoms with Crippen LogP contribution < -0.4 is 5.32 Å². The molecule has 0 spiro atoms. The van der Waals surface area contributed by atoms with Gasteiger partial charge in [-0.1, -0.05) is 76.5 Å². The van der Waals surface area contributed by atoms with E-state index in [9.17, 15) is 63.3 Å². The lowest BCUT2D eigenvalue weighted by Crippen LogP contribution is -2.38. The van der Waals surface area contributed by atoms with Gasteiger partial charge in [-0.2, -0.15) is 5.26 Å². The minimum Gasteiger partial charge on any atom is -0.507 e. The number of thiophene rings is 4. The van der Waals surface area contributed by atoms with Crippen molar-refractivity contribution in [2.24, 2.45) is 17.8 Å². The van der Waals surface area contributed by atoms with Crippen LogP contribution in [0.3, 0.4) is 0 Å². The zero-order valence-corrected chi connectivity index (χ0v) is 86.2. The summed E-state index contributed by atoms with van der Waals surface area (Å²) in [6.07, 6.45) is 29.4. The molecule has 0 saturated heterocycles. The van der Waals surface area contributed by atoms with E-state index in [4.69, 9.17) is 39.4 Å². The van der Waals surface area contributed by atoms with Crippen molar-refractivity contribution in [2.45, 2.75) is 219 Å². The number of hydrogen-bond donors (Lipinski definition) is 4. The molecule has 20 rings (SSSR count). The number of nitrogens with zero attached hydrogens (tertiary/aromatic N) is 10. The Bertz CT molecular complexity index is 7910. The number of benzene rings is 7. The topological polar surface area (TPSA) is 317 Å². The molecule has 1 amide bonds. The first-order valence-electron chi connectivity index (χ1n) is 49.9. The maximum absolute atomic E-state index is 15.0. The number of imidazole rings is 4. The zero-order valence-electron chi connectivity index (χ0n) is 82.2. The van der Waals surface area contributed by atoms with E-state index in [2.05, 4.69) is 42.3 Å². The standard InChI is InChI=1S/C30H26N4O2S.C29H26ClN3O3S.C29H28F2N2O3S.C29H29FN2O3S/c1-3-23-11-13-28(37-23)27(36)16-19-7-5-9-22(15-19)34-25-12-10-20(26(35)4-2)17-24(25)33-30(34)29-21(18-31)8-6-14-32-29;1-3-21-10-13-27(37-21)29(36)31-19-6-5-7-20(16-19)33-24-11-8-17(25(34)4-2)14-23(24)32-28(33)22-15-18(30)9-12-26(22)35;1-3-23(34)18-8-10-22-21(15-18)32-29(27-24(35)11-9-20(30)28(27)31)33(22)19-6-4-5-17(13-19)14-25(36)26-12-7-16(2)37-26;1-3-24(33)19-11-12-23-22(16-19)31-29(28-21(30)8-5-9-25(28)34)32(23)20-7-4-6-18(14-20)15-26(35)27-13-10-17(2)36-27/h1,6,8,10-14,17,19,22H,4-5,7,9,15-16H2,2H3;1,8-15,19-20,35H,4-7,16H2,2H3,(H,31,36);7-12,15,17,19,35H,3-6,13-14H2,1-2H3;5,8-13,16,18,20,34H,3-4,6-7,14-15H2,1-2H3/t19-,22+;19-,20+;17-,19+;18-,20+/m1111/s1. The smallest absolute Gasteiger partial charge is 0.261 e. The summed E-state index contributed by atoms with van der Waals surface area (Å²) >= 11 is 12.0. The third-order valence-electron chi connectivity index (χ3n) is 28.3. The van der Waals surface area contributed by atoms with Crippen LogP contribution in [-0.2, 0) is 0 Å². The summed E-state index contributed by atoms with van der Waals surface area (Å²) in [7, 11) is 0. The summed E-state index contributed by atoms with van der Waals surface area (Å²) < 4.78 is 52.5. The van der Waals surface area contributed by atoms with Crippen LogP contribution in [0.5, 0.6) is 17.2 Å². The molecule has 4 aliphatic rings. The monoisotopic (exact) mass is 2060 g/mol. The number of ketones is 7. The number of nitrogens with one attached hydrogen (secondary N) is 1. The van der Waals surface area contributed by atoms with E-state index in [0.717, 1.165) is 148 Å². The molecule has 7 aromatic carbocycles. The largest absolute Gasteiger partial charge is 0.507 e. The van der Waals surface area contributed by atoms with E-state index in [1.807, 2.05) is 123 Å². The fourth-order valence-electron chi connectivity index (χ4n) is 21.1. The first-order valence-corrected chi connectivity index (χ1v) is 53.5. The van der Waals surface area contributed by atoms with E-state index < -0.39 is 23.2 Å². The molecule has 4 fully saturated rings. The van der Waals surface area contributed by atoms with Gasteiger partial charge < -0.3 is 38.9 Å². The minimum atomic E-state index is -1.17. The summed E-state index contributed by atoms with van der Waals surface area (Å²) in [6.45, 7) is 11.2. The maximum atomic E-state index is 15.0. The number of hydrogen-bond acceptors (Lipinski definition) is 21. The summed E-state index contributed by atoms with van der Waals surface area (Å²) in [4.78, 5) is 131.